The van der Waals surface area contributed by atoms with Crippen LogP contribution in [0.1, 0.15) is 18.9 Å². The van der Waals surface area contributed by atoms with Crippen molar-refractivity contribution in [3.8, 4) is 11.5 Å². The van der Waals surface area contributed by atoms with E-state index < -0.39 is 0 Å². The molecule has 0 heterocycles. The first-order valence-corrected chi connectivity index (χ1v) is 6.81. The molecule has 0 atom stereocenters. The molecular formula is C15H26N2O2. The van der Waals surface area contributed by atoms with Gasteiger partial charge in [-0.2, -0.15) is 0 Å². The number of benzene rings is 1. The van der Waals surface area contributed by atoms with Crippen LogP contribution in [0.25, 0.3) is 0 Å². The van der Waals surface area contributed by atoms with E-state index in [1.54, 1.807) is 6.07 Å². The second kappa shape index (κ2) is 8.02. The highest BCUT2D eigenvalue weighted by Crippen LogP contribution is 2.27. The summed E-state index contributed by atoms with van der Waals surface area (Å²) in [6.07, 6.45) is 1.15. The van der Waals surface area contributed by atoms with Crippen LogP contribution in [0, 0.1) is 0 Å². The Balaban J connectivity index is 2.49. The number of rotatable bonds is 8. The molecule has 1 N–H and O–H groups in total. The standard InChI is InChI=1S/C15H26N2O2/c1-5-19-15-11-13(7-8-14(15)18)12-17(4)10-6-9-16(2)3/h7-8,11,18H,5-6,9-10,12H2,1-4H3. The molecule has 4 heteroatoms. The average molecular weight is 266 g/mol. The van der Waals surface area contributed by atoms with E-state index in [0.717, 1.165) is 31.6 Å². The second-order valence-electron chi connectivity index (χ2n) is 5.13. The predicted molar refractivity (Wildman–Crippen MR) is 78.8 cm³/mol. The Morgan fingerprint density at radius 1 is 1.16 bits per heavy atom. The van der Waals surface area contributed by atoms with Crippen molar-refractivity contribution < 1.29 is 9.84 Å². The van der Waals surface area contributed by atoms with Crippen molar-refractivity contribution in [2.45, 2.75) is 19.9 Å². The van der Waals surface area contributed by atoms with E-state index in [0.29, 0.717) is 12.4 Å². The van der Waals surface area contributed by atoms with Gasteiger partial charge in [-0.1, -0.05) is 6.07 Å². The summed E-state index contributed by atoms with van der Waals surface area (Å²) in [6.45, 7) is 5.51. The van der Waals surface area contributed by atoms with Gasteiger partial charge in [-0.3, -0.25) is 0 Å². The highest BCUT2D eigenvalue weighted by atomic mass is 16.5. The molecule has 1 aromatic rings. The van der Waals surface area contributed by atoms with Gasteiger partial charge >= 0.3 is 0 Å². The molecule has 0 aliphatic heterocycles. The first-order chi connectivity index (χ1) is 9.02. The highest BCUT2D eigenvalue weighted by molar-refractivity contribution is 5.41. The fraction of sp³-hybridized carbons (Fsp3) is 0.600. The van der Waals surface area contributed by atoms with E-state index >= 15 is 0 Å². The summed E-state index contributed by atoms with van der Waals surface area (Å²) in [5.41, 5.74) is 1.16. The van der Waals surface area contributed by atoms with Crippen LogP contribution in [-0.2, 0) is 6.54 Å². The van der Waals surface area contributed by atoms with Gasteiger partial charge in [0.2, 0.25) is 0 Å². The van der Waals surface area contributed by atoms with Crippen LogP contribution in [0.2, 0.25) is 0 Å². The topological polar surface area (TPSA) is 35.9 Å². The average Bonchev–Trinajstić information content (AvgIpc) is 2.33. The minimum absolute atomic E-state index is 0.209. The number of phenols is 1. The molecule has 0 fully saturated rings. The largest absolute Gasteiger partial charge is 0.504 e. The van der Waals surface area contributed by atoms with Crippen molar-refractivity contribution in [1.29, 1.82) is 0 Å². The van der Waals surface area contributed by atoms with Crippen LogP contribution in [-0.4, -0.2) is 55.7 Å². The van der Waals surface area contributed by atoms with Crippen LogP contribution < -0.4 is 4.74 Å². The number of hydrogen-bond donors (Lipinski definition) is 1. The maximum absolute atomic E-state index is 9.66. The Morgan fingerprint density at radius 3 is 2.53 bits per heavy atom. The Bertz CT molecular complexity index is 380. The van der Waals surface area contributed by atoms with Gasteiger partial charge in [-0.25, -0.2) is 0 Å². The van der Waals surface area contributed by atoms with Gasteiger partial charge in [-0.05, 0) is 65.3 Å². The molecule has 4 nitrogen and oxygen atoms in total. The lowest BCUT2D eigenvalue weighted by Gasteiger charge is -2.18. The molecule has 0 saturated carbocycles. The summed E-state index contributed by atoms with van der Waals surface area (Å²) in [5, 5.41) is 9.66. The lowest BCUT2D eigenvalue weighted by Crippen LogP contribution is -2.23. The molecule has 0 unspecified atom stereocenters. The maximum atomic E-state index is 9.66. The molecule has 19 heavy (non-hydrogen) atoms. The monoisotopic (exact) mass is 266 g/mol. The number of ether oxygens (including phenoxy) is 1. The van der Waals surface area contributed by atoms with E-state index in [-0.39, 0.29) is 5.75 Å². The molecule has 0 saturated heterocycles. The Labute approximate surface area is 116 Å². The quantitative estimate of drug-likeness (QED) is 0.782. The Kier molecular flexibility index (Phi) is 6.67. The molecule has 0 aromatic heterocycles. The van der Waals surface area contributed by atoms with Crippen LogP contribution in [0.3, 0.4) is 0 Å². The zero-order valence-electron chi connectivity index (χ0n) is 12.5. The Morgan fingerprint density at radius 2 is 1.89 bits per heavy atom. The number of nitrogens with zero attached hydrogens (tertiary/aromatic N) is 2. The van der Waals surface area contributed by atoms with Crippen molar-refractivity contribution in [3.63, 3.8) is 0 Å². The van der Waals surface area contributed by atoms with Crippen LogP contribution in [0.15, 0.2) is 18.2 Å². The minimum atomic E-state index is 0.209. The molecule has 108 valence electrons. The van der Waals surface area contributed by atoms with Crippen molar-refractivity contribution in [1.82, 2.24) is 9.80 Å². The smallest absolute Gasteiger partial charge is 0.161 e. The van der Waals surface area contributed by atoms with Crippen molar-refractivity contribution in [2.24, 2.45) is 0 Å². The number of phenolic OH excluding ortho intramolecular Hbond substituents is 1. The van der Waals surface area contributed by atoms with Crippen molar-refractivity contribution in [2.75, 3.05) is 40.8 Å². The summed E-state index contributed by atoms with van der Waals surface area (Å²) in [6, 6.07) is 5.57. The van der Waals surface area contributed by atoms with Gasteiger partial charge in [0, 0.05) is 6.54 Å². The molecule has 0 bridgehead atoms. The Hall–Kier alpha value is -1.26. The van der Waals surface area contributed by atoms with E-state index in [1.807, 2.05) is 19.1 Å². The van der Waals surface area contributed by atoms with Gasteiger partial charge in [0.25, 0.3) is 0 Å². The van der Waals surface area contributed by atoms with Gasteiger partial charge in [0.15, 0.2) is 11.5 Å². The zero-order valence-corrected chi connectivity index (χ0v) is 12.5. The van der Waals surface area contributed by atoms with E-state index in [1.165, 1.54) is 0 Å². The molecule has 0 radical (unpaired) electrons. The van der Waals surface area contributed by atoms with Gasteiger partial charge in [-0.15, -0.1) is 0 Å². The molecule has 1 aromatic carbocycles. The molecule has 0 amide bonds. The SMILES string of the molecule is CCOc1cc(CN(C)CCCN(C)C)ccc1O. The first-order valence-electron chi connectivity index (χ1n) is 6.81. The summed E-state index contributed by atoms with van der Waals surface area (Å²) in [5.74, 6) is 0.780. The summed E-state index contributed by atoms with van der Waals surface area (Å²) in [4.78, 5) is 4.48. The second-order valence-corrected chi connectivity index (χ2v) is 5.13. The number of aromatic hydroxyl groups is 1. The third-order valence-electron chi connectivity index (χ3n) is 2.92. The van der Waals surface area contributed by atoms with Crippen molar-refractivity contribution in [3.05, 3.63) is 23.8 Å². The predicted octanol–water partition coefficient (Wildman–Crippen LogP) is 2.17. The molecular weight excluding hydrogens is 240 g/mol. The van der Waals surface area contributed by atoms with Gasteiger partial charge < -0.3 is 19.6 Å². The van der Waals surface area contributed by atoms with Crippen LogP contribution in [0.5, 0.6) is 11.5 Å². The third-order valence-corrected chi connectivity index (χ3v) is 2.92. The maximum Gasteiger partial charge on any atom is 0.161 e. The van der Waals surface area contributed by atoms with E-state index in [9.17, 15) is 5.11 Å². The molecule has 0 aliphatic rings. The van der Waals surface area contributed by atoms with Crippen molar-refractivity contribution >= 4 is 0 Å². The third kappa shape index (κ3) is 5.94. The zero-order chi connectivity index (χ0) is 14.3. The normalized spacial score (nSPS) is 11.3. The summed E-state index contributed by atoms with van der Waals surface area (Å²) in [7, 11) is 6.30. The van der Waals surface area contributed by atoms with Gasteiger partial charge in [0.1, 0.15) is 0 Å². The lowest BCUT2D eigenvalue weighted by molar-refractivity contribution is 0.292. The van der Waals surface area contributed by atoms with Crippen LogP contribution >= 0.6 is 0 Å². The molecule has 1 rings (SSSR count). The van der Waals surface area contributed by atoms with Gasteiger partial charge in [0.05, 0.1) is 6.61 Å². The fourth-order valence-corrected chi connectivity index (χ4v) is 1.98. The van der Waals surface area contributed by atoms with Crippen LogP contribution in [0.4, 0.5) is 0 Å². The lowest BCUT2D eigenvalue weighted by atomic mass is 10.2. The fourth-order valence-electron chi connectivity index (χ4n) is 1.98. The highest BCUT2D eigenvalue weighted by Gasteiger charge is 2.06. The van der Waals surface area contributed by atoms with E-state index in [2.05, 4.69) is 30.9 Å². The molecule has 0 aliphatic carbocycles. The summed E-state index contributed by atoms with van der Waals surface area (Å²) >= 11 is 0. The minimum Gasteiger partial charge on any atom is -0.504 e. The van der Waals surface area contributed by atoms with E-state index in [4.69, 9.17) is 4.74 Å². The molecule has 0 spiro atoms. The number of hydrogen-bond acceptors (Lipinski definition) is 4. The summed E-state index contributed by atoms with van der Waals surface area (Å²) < 4.78 is 5.40. The first kappa shape index (κ1) is 15.8.